The lowest BCUT2D eigenvalue weighted by molar-refractivity contribution is -0.319. The molecule has 2 unspecified atom stereocenters. The summed E-state index contributed by atoms with van der Waals surface area (Å²) in [6.07, 6.45) is -4.15. The van der Waals surface area contributed by atoms with E-state index in [1.54, 1.807) is 0 Å². The van der Waals surface area contributed by atoms with Crippen LogP contribution in [0.3, 0.4) is 0 Å². The molecule has 5 atom stereocenters. The summed E-state index contributed by atoms with van der Waals surface area (Å²) in [6.45, 7) is 1.63. The Bertz CT molecular complexity index is 226. The smallest absolute Gasteiger partial charge is 0.186 e. The highest BCUT2D eigenvalue weighted by molar-refractivity contribution is 7.80. The van der Waals surface area contributed by atoms with Gasteiger partial charge in [0.1, 0.15) is 17.8 Å². The summed E-state index contributed by atoms with van der Waals surface area (Å²) in [5.41, 5.74) is -1.67. The van der Waals surface area contributed by atoms with Crippen molar-refractivity contribution >= 4 is 25.3 Å². The van der Waals surface area contributed by atoms with Crippen molar-refractivity contribution in [3.63, 3.8) is 0 Å². The third-order valence-corrected chi connectivity index (χ3v) is 3.21. The van der Waals surface area contributed by atoms with Gasteiger partial charge in [0.2, 0.25) is 0 Å². The maximum absolute atomic E-state index is 9.97. The van der Waals surface area contributed by atoms with E-state index in [4.69, 9.17) is 9.47 Å². The number of aliphatic hydroxyl groups excluding tert-OH is 2. The molecule has 0 aromatic heterocycles. The Morgan fingerprint density at radius 2 is 1.94 bits per heavy atom. The molecule has 0 aromatic rings. The molecule has 0 aliphatic carbocycles. The van der Waals surface area contributed by atoms with E-state index in [0.717, 1.165) is 0 Å². The standard InChI is InChI=1S/C9H18O5S2/c1-9(12)6(10)5(4-16)14-8(7(9)11)13-2-3-15/h5-8,10-12,15-16H,2-4H2,1H3/t5?,6-,7?,8-,9+/m0/s1. The summed E-state index contributed by atoms with van der Waals surface area (Å²) in [5, 5.41) is 29.5. The van der Waals surface area contributed by atoms with E-state index >= 15 is 0 Å². The molecular weight excluding hydrogens is 252 g/mol. The van der Waals surface area contributed by atoms with E-state index in [1.807, 2.05) is 0 Å². The largest absolute Gasteiger partial charge is 0.387 e. The number of hydrogen-bond acceptors (Lipinski definition) is 7. The molecule has 1 rings (SSSR count). The molecular formula is C9H18O5S2. The molecule has 3 N–H and O–H groups in total. The average molecular weight is 270 g/mol. The molecule has 0 saturated carbocycles. The first-order chi connectivity index (χ1) is 7.45. The average Bonchev–Trinajstić information content (AvgIpc) is 2.26. The van der Waals surface area contributed by atoms with Crippen molar-refractivity contribution in [1.29, 1.82) is 0 Å². The Hall–Kier alpha value is 0.500. The Kier molecular flexibility index (Phi) is 5.37. The van der Waals surface area contributed by atoms with Gasteiger partial charge in [-0.2, -0.15) is 25.3 Å². The highest BCUT2D eigenvalue weighted by atomic mass is 32.1. The van der Waals surface area contributed by atoms with Crippen molar-refractivity contribution in [3.8, 4) is 0 Å². The molecule has 96 valence electrons. The van der Waals surface area contributed by atoms with Gasteiger partial charge >= 0.3 is 0 Å². The summed E-state index contributed by atoms with van der Waals surface area (Å²) in [4.78, 5) is 0. The molecule has 1 aliphatic heterocycles. The van der Waals surface area contributed by atoms with Crippen molar-refractivity contribution in [2.24, 2.45) is 0 Å². The number of thiol groups is 2. The molecule has 0 amide bonds. The highest BCUT2D eigenvalue weighted by Crippen LogP contribution is 2.30. The van der Waals surface area contributed by atoms with Crippen LogP contribution in [0.2, 0.25) is 0 Å². The zero-order valence-corrected chi connectivity index (χ0v) is 10.8. The van der Waals surface area contributed by atoms with E-state index in [9.17, 15) is 15.3 Å². The highest BCUT2D eigenvalue weighted by Gasteiger charge is 2.52. The third-order valence-electron chi connectivity index (χ3n) is 2.67. The second-order valence-electron chi connectivity index (χ2n) is 3.94. The van der Waals surface area contributed by atoms with Crippen LogP contribution in [0.4, 0.5) is 0 Å². The van der Waals surface area contributed by atoms with Gasteiger partial charge in [0.15, 0.2) is 6.29 Å². The van der Waals surface area contributed by atoms with Crippen LogP contribution >= 0.6 is 25.3 Å². The van der Waals surface area contributed by atoms with Crippen LogP contribution in [0.25, 0.3) is 0 Å². The predicted molar refractivity (Wildman–Crippen MR) is 65.0 cm³/mol. The fourth-order valence-corrected chi connectivity index (χ4v) is 1.98. The van der Waals surface area contributed by atoms with Crippen LogP contribution in [0.1, 0.15) is 6.92 Å². The quantitative estimate of drug-likeness (QED) is 0.426. The van der Waals surface area contributed by atoms with Crippen molar-refractivity contribution in [2.45, 2.75) is 37.1 Å². The van der Waals surface area contributed by atoms with E-state index in [-0.39, 0.29) is 12.4 Å². The summed E-state index contributed by atoms with van der Waals surface area (Å²) < 4.78 is 10.5. The third kappa shape index (κ3) is 2.84. The van der Waals surface area contributed by atoms with E-state index in [0.29, 0.717) is 5.75 Å². The van der Waals surface area contributed by atoms with Gasteiger partial charge < -0.3 is 24.8 Å². The number of hydrogen-bond donors (Lipinski definition) is 5. The summed E-state index contributed by atoms with van der Waals surface area (Å²) in [7, 11) is 0. The minimum absolute atomic E-state index is 0.227. The van der Waals surface area contributed by atoms with E-state index in [1.165, 1.54) is 6.92 Å². The molecule has 16 heavy (non-hydrogen) atoms. The van der Waals surface area contributed by atoms with Crippen molar-refractivity contribution in [1.82, 2.24) is 0 Å². The van der Waals surface area contributed by atoms with Gasteiger partial charge in [-0.1, -0.05) is 0 Å². The van der Waals surface area contributed by atoms with Crippen molar-refractivity contribution < 1.29 is 24.8 Å². The van der Waals surface area contributed by atoms with Crippen LogP contribution in [-0.4, -0.2) is 63.6 Å². The molecule has 5 nitrogen and oxygen atoms in total. The lowest BCUT2D eigenvalue weighted by Gasteiger charge is -2.46. The first-order valence-corrected chi connectivity index (χ1v) is 6.29. The fourth-order valence-electron chi connectivity index (χ4n) is 1.59. The molecule has 0 aromatic carbocycles. The number of ether oxygens (including phenoxy) is 2. The lowest BCUT2D eigenvalue weighted by Crippen LogP contribution is -2.65. The van der Waals surface area contributed by atoms with Crippen LogP contribution in [0, 0.1) is 0 Å². The Balaban J connectivity index is 2.73. The summed E-state index contributed by atoms with van der Waals surface area (Å²) in [5.74, 6) is 0.702. The van der Waals surface area contributed by atoms with Gasteiger partial charge in [-0.3, -0.25) is 0 Å². The van der Waals surface area contributed by atoms with Crippen molar-refractivity contribution in [3.05, 3.63) is 0 Å². The lowest BCUT2D eigenvalue weighted by atomic mass is 9.86. The monoisotopic (exact) mass is 270 g/mol. The molecule has 1 heterocycles. The van der Waals surface area contributed by atoms with E-state index in [2.05, 4.69) is 25.3 Å². The van der Waals surface area contributed by atoms with Gasteiger partial charge in [-0.25, -0.2) is 0 Å². The fraction of sp³-hybridized carbons (Fsp3) is 1.00. The zero-order chi connectivity index (χ0) is 12.3. The van der Waals surface area contributed by atoms with Gasteiger partial charge in [-0.05, 0) is 6.92 Å². The van der Waals surface area contributed by atoms with Crippen molar-refractivity contribution in [2.75, 3.05) is 18.1 Å². The first-order valence-electron chi connectivity index (χ1n) is 5.02. The van der Waals surface area contributed by atoms with Crippen LogP contribution < -0.4 is 0 Å². The first kappa shape index (κ1) is 14.6. The molecule has 1 aliphatic rings. The minimum Gasteiger partial charge on any atom is -0.387 e. The maximum Gasteiger partial charge on any atom is 0.186 e. The summed E-state index contributed by atoms with van der Waals surface area (Å²) in [6, 6.07) is 0. The second-order valence-corrected chi connectivity index (χ2v) is 4.75. The van der Waals surface area contributed by atoms with Crippen LogP contribution in [0.5, 0.6) is 0 Å². The zero-order valence-electron chi connectivity index (χ0n) is 8.98. The van der Waals surface area contributed by atoms with Gasteiger partial charge in [0.25, 0.3) is 0 Å². The molecule has 0 spiro atoms. The maximum atomic E-state index is 9.97. The van der Waals surface area contributed by atoms with E-state index < -0.39 is 30.2 Å². The topological polar surface area (TPSA) is 79.2 Å². The Morgan fingerprint density at radius 3 is 2.44 bits per heavy atom. The minimum atomic E-state index is -1.67. The Labute approximate surface area is 106 Å². The molecule has 1 saturated heterocycles. The summed E-state index contributed by atoms with van der Waals surface area (Å²) >= 11 is 7.98. The molecule has 0 bridgehead atoms. The SMILES string of the molecule is C[C@]1(O)C(O)[C@@H](OCCS)OC(CS)[C@@H]1O. The predicted octanol–water partition coefficient (Wildman–Crippen LogP) is -0.940. The Morgan fingerprint density at radius 1 is 1.31 bits per heavy atom. The molecule has 1 fully saturated rings. The van der Waals surface area contributed by atoms with Crippen LogP contribution in [-0.2, 0) is 9.47 Å². The van der Waals surface area contributed by atoms with Crippen LogP contribution in [0.15, 0.2) is 0 Å². The number of aliphatic hydroxyl groups is 3. The number of rotatable bonds is 4. The molecule has 7 heteroatoms. The van der Waals surface area contributed by atoms with Gasteiger partial charge in [0.05, 0.1) is 12.7 Å². The second kappa shape index (κ2) is 5.90. The van der Waals surface area contributed by atoms with Gasteiger partial charge in [-0.15, -0.1) is 0 Å². The normalized spacial score (nSPS) is 44.6. The molecule has 0 radical (unpaired) electrons. The van der Waals surface area contributed by atoms with Gasteiger partial charge in [0, 0.05) is 11.5 Å².